The van der Waals surface area contributed by atoms with Crippen LogP contribution in [0.4, 0.5) is 0 Å². The first-order valence-corrected chi connectivity index (χ1v) is 13.8. The molecule has 1 amide bonds. The highest BCUT2D eigenvalue weighted by Crippen LogP contribution is 2.45. The van der Waals surface area contributed by atoms with Gasteiger partial charge in [-0.15, -0.1) is 0 Å². The molecular formula is C31H46N2O4. The smallest absolute Gasteiger partial charge is 0.222 e. The van der Waals surface area contributed by atoms with Gasteiger partial charge in [-0.1, -0.05) is 36.2 Å². The molecule has 0 aliphatic carbocycles. The van der Waals surface area contributed by atoms with E-state index in [-0.39, 0.29) is 17.7 Å². The number of nitrogens with one attached hydrogen (secondary N) is 1. The van der Waals surface area contributed by atoms with Gasteiger partial charge < -0.3 is 24.8 Å². The topological polar surface area (TPSA) is 71.0 Å². The molecule has 6 heteroatoms. The maximum Gasteiger partial charge on any atom is 0.222 e. The molecule has 1 aliphatic heterocycles. The average Bonchev–Trinajstić information content (AvgIpc) is 2.89. The summed E-state index contributed by atoms with van der Waals surface area (Å²) in [6, 6.07) is 14.0. The minimum atomic E-state index is -1.12. The Balaban J connectivity index is 1.91. The number of carbonyl (C=O) groups is 1. The fourth-order valence-corrected chi connectivity index (χ4v) is 5.45. The zero-order chi connectivity index (χ0) is 26.8. The zero-order valence-electron chi connectivity index (χ0n) is 23.4. The summed E-state index contributed by atoms with van der Waals surface area (Å²) in [5.74, 6) is 1.80. The molecule has 2 aromatic rings. The van der Waals surface area contributed by atoms with Crippen molar-refractivity contribution in [1.82, 2.24) is 10.2 Å². The predicted octanol–water partition coefficient (Wildman–Crippen LogP) is 5.58. The summed E-state index contributed by atoms with van der Waals surface area (Å²) in [7, 11) is 3.62. The minimum absolute atomic E-state index is 0.0745. The SMILES string of the molecule is CNC[C@H](C)CC(=O)N1CCC[C@@H]([C@@](O)(CCCCOC)c2cc(C)ccc2Oc2ccc(C)cc2)C1. The highest BCUT2D eigenvalue weighted by molar-refractivity contribution is 5.76. The van der Waals surface area contributed by atoms with Crippen molar-refractivity contribution < 1.29 is 19.4 Å². The van der Waals surface area contributed by atoms with Crippen molar-refractivity contribution in [2.24, 2.45) is 11.8 Å². The highest BCUT2D eigenvalue weighted by Gasteiger charge is 2.43. The van der Waals surface area contributed by atoms with Crippen LogP contribution in [0.2, 0.25) is 0 Å². The minimum Gasteiger partial charge on any atom is -0.457 e. The van der Waals surface area contributed by atoms with Gasteiger partial charge in [-0.05, 0) is 89.7 Å². The number of hydrogen-bond donors (Lipinski definition) is 2. The molecule has 0 spiro atoms. The summed E-state index contributed by atoms with van der Waals surface area (Å²) >= 11 is 0. The monoisotopic (exact) mass is 510 g/mol. The molecule has 2 N–H and O–H groups in total. The summed E-state index contributed by atoms with van der Waals surface area (Å²) in [5.41, 5.74) is 1.94. The number of aliphatic hydroxyl groups is 1. The van der Waals surface area contributed by atoms with Gasteiger partial charge in [0.2, 0.25) is 5.91 Å². The van der Waals surface area contributed by atoms with Crippen LogP contribution in [0.3, 0.4) is 0 Å². The largest absolute Gasteiger partial charge is 0.457 e. The molecule has 1 fully saturated rings. The Bertz CT molecular complexity index is 993. The van der Waals surface area contributed by atoms with Gasteiger partial charge in [-0.25, -0.2) is 0 Å². The molecule has 204 valence electrons. The number of piperidine rings is 1. The van der Waals surface area contributed by atoms with Crippen molar-refractivity contribution in [2.75, 3.05) is 40.4 Å². The van der Waals surface area contributed by atoms with Crippen LogP contribution in [0.15, 0.2) is 42.5 Å². The predicted molar refractivity (Wildman–Crippen MR) is 149 cm³/mol. The van der Waals surface area contributed by atoms with Gasteiger partial charge in [-0.3, -0.25) is 4.79 Å². The van der Waals surface area contributed by atoms with Gasteiger partial charge >= 0.3 is 0 Å². The number of nitrogens with zero attached hydrogens (tertiary/aromatic N) is 1. The lowest BCUT2D eigenvalue weighted by Crippen LogP contribution is -2.48. The Labute approximate surface area is 223 Å². The van der Waals surface area contributed by atoms with Crippen LogP contribution in [0.25, 0.3) is 0 Å². The van der Waals surface area contributed by atoms with E-state index < -0.39 is 5.60 Å². The van der Waals surface area contributed by atoms with Crippen LogP contribution in [-0.4, -0.2) is 56.3 Å². The van der Waals surface area contributed by atoms with Crippen LogP contribution >= 0.6 is 0 Å². The fourth-order valence-electron chi connectivity index (χ4n) is 5.45. The summed E-state index contributed by atoms with van der Waals surface area (Å²) < 4.78 is 11.6. The number of aryl methyl sites for hydroxylation is 2. The van der Waals surface area contributed by atoms with E-state index in [4.69, 9.17) is 9.47 Å². The van der Waals surface area contributed by atoms with Crippen molar-refractivity contribution in [3.63, 3.8) is 0 Å². The van der Waals surface area contributed by atoms with Crippen molar-refractivity contribution in [3.8, 4) is 11.5 Å². The lowest BCUT2D eigenvalue weighted by atomic mass is 9.73. The number of likely N-dealkylation sites (tertiary alicyclic amines) is 1. The van der Waals surface area contributed by atoms with E-state index in [2.05, 4.69) is 25.2 Å². The second-order valence-electron chi connectivity index (χ2n) is 10.8. The molecule has 0 bridgehead atoms. The third-order valence-corrected chi connectivity index (χ3v) is 7.53. The van der Waals surface area contributed by atoms with Gasteiger partial charge in [0.15, 0.2) is 0 Å². The quantitative estimate of drug-likeness (QED) is 0.344. The summed E-state index contributed by atoms with van der Waals surface area (Å²) in [6.07, 6.45) is 4.56. The first-order chi connectivity index (χ1) is 17.8. The summed E-state index contributed by atoms with van der Waals surface area (Å²) in [4.78, 5) is 15.1. The van der Waals surface area contributed by atoms with Crippen LogP contribution < -0.4 is 10.1 Å². The number of rotatable bonds is 13. The Hall–Kier alpha value is -2.41. The van der Waals surface area contributed by atoms with Gasteiger partial charge in [0.25, 0.3) is 0 Å². The molecule has 1 aliphatic rings. The number of unbranched alkanes of at least 4 members (excludes halogenated alkanes) is 1. The van der Waals surface area contributed by atoms with E-state index in [0.29, 0.717) is 31.7 Å². The molecule has 0 radical (unpaired) electrons. The Morgan fingerprint density at radius 1 is 1.16 bits per heavy atom. The highest BCUT2D eigenvalue weighted by atomic mass is 16.5. The molecule has 37 heavy (non-hydrogen) atoms. The van der Waals surface area contributed by atoms with E-state index in [1.807, 2.05) is 55.3 Å². The van der Waals surface area contributed by atoms with E-state index in [1.54, 1.807) is 7.11 Å². The third-order valence-electron chi connectivity index (χ3n) is 7.53. The van der Waals surface area contributed by atoms with Gasteiger partial charge in [-0.2, -0.15) is 0 Å². The molecule has 3 rings (SSSR count). The third kappa shape index (κ3) is 8.03. The molecule has 2 aromatic carbocycles. The fraction of sp³-hybridized carbons (Fsp3) is 0.581. The Morgan fingerprint density at radius 3 is 2.59 bits per heavy atom. The lowest BCUT2D eigenvalue weighted by Gasteiger charge is -2.43. The van der Waals surface area contributed by atoms with E-state index >= 15 is 0 Å². The first-order valence-electron chi connectivity index (χ1n) is 13.8. The van der Waals surface area contributed by atoms with E-state index in [1.165, 1.54) is 5.56 Å². The molecule has 1 saturated heterocycles. The van der Waals surface area contributed by atoms with E-state index in [0.717, 1.165) is 55.6 Å². The molecule has 6 nitrogen and oxygen atoms in total. The second-order valence-corrected chi connectivity index (χ2v) is 10.8. The van der Waals surface area contributed by atoms with Crippen molar-refractivity contribution >= 4 is 5.91 Å². The number of benzene rings is 2. The van der Waals surface area contributed by atoms with Crippen LogP contribution in [-0.2, 0) is 15.1 Å². The standard InChI is InChI=1S/C31H46N2O4/c1-23-10-13-27(14-11-23)37-29-15-12-24(2)19-28(29)31(35,16-6-7-18-36-5)26-9-8-17-33(22-26)30(34)20-25(3)21-32-4/h10-15,19,25-26,32,35H,6-9,16-18,20-22H2,1-5H3/t25-,26-,31+/m1/s1. The number of amides is 1. The number of carbonyl (C=O) groups excluding carboxylic acids is 1. The van der Waals surface area contributed by atoms with Gasteiger partial charge in [0, 0.05) is 44.7 Å². The Morgan fingerprint density at radius 2 is 1.89 bits per heavy atom. The first kappa shape index (κ1) is 29.2. The van der Waals surface area contributed by atoms with Gasteiger partial charge in [0.05, 0.1) is 5.60 Å². The normalized spacial score (nSPS) is 18.3. The summed E-state index contributed by atoms with van der Waals surface area (Å²) in [5, 5.41) is 15.7. The van der Waals surface area contributed by atoms with Crippen molar-refractivity contribution in [1.29, 1.82) is 0 Å². The second kappa shape index (κ2) is 13.9. The summed E-state index contributed by atoms with van der Waals surface area (Å²) in [6.45, 7) is 8.99. The van der Waals surface area contributed by atoms with E-state index in [9.17, 15) is 9.90 Å². The molecule has 1 heterocycles. The van der Waals surface area contributed by atoms with Crippen LogP contribution in [0, 0.1) is 25.7 Å². The Kier molecular flexibility index (Phi) is 11.0. The van der Waals surface area contributed by atoms with Gasteiger partial charge in [0.1, 0.15) is 11.5 Å². The van der Waals surface area contributed by atoms with Crippen LogP contribution in [0.1, 0.15) is 62.1 Å². The number of ether oxygens (including phenoxy) is 2. The molecule has 3 atom stereocenters. The van der Waals surface area contributed by atoms with Crippen LogP contribution in [0.5, 0.6) is 11.5 Å². The lowest BCUT2D eigenvalue weighted by molar-refractivity contribution is -0.137. The average molecular weight is 511 g/mol. The maximum atomic E-state index is 13.2. The van der Waals surface area contributed by atoms with Crippen molar-refractivity contribution in [3.05, 3.63) is 59.2 Å². The maximum absolute atomic E-state index is 13.2. The van der Waals surface area contributed by atoms with Crippen molar-refractivity contribution in [2.45, 2.75) is 64.9 Å². The zero-order valence-corrected chi connectivity index (χ0v) is 23.4. The molecule has 0 unspecified atom stereocenters. The number of methoxy groups -OCH3 is 1. The molecule has 0 saturated carbocycles. The molecule has 0 aromatic heterocycles. The number of hydrogen-bond acceptors (Lipinski definition) is 5. The molecular weight excluding hydrogens is 464 g/mol.